The number of ether oxygens (including phenoxy) is 2. The topological polar surface area (TPSA) is 99.6 Å². The Morgan fingerprint density at radius 2 is 1.81 bits per heavy atom. The molecule has 9 nitrogen and oxygen atoms in total. The Balaban J connectivity index is 1.75. The minimum atomic E-state index is -1.15. The monoisotopic (exact) mass is 659 g/mol. The number of aliphatic hydroxyl groups excluding tert-OH is 1. The van der Waals surface area contributed by atoms with E-state index in [1.54, 1.807) is 26.9 Å². The number of hydrogen-bond acceptors (Lipinski definition) is 6. The van der Waals surface area contributed by atoms with E-state index < -0.39 is 35.1 Å². The zero-order valence-electron chi connectivity index (χ0n) is 25.8. The van der Waals surface area contributed by atoms with Crippen LogP contribution in [-0.2, 0) is 19.1 Å². The lowest BCUT2D eigenvalue weighted by atomic mass is 9.70. The van der Waals surface area contributed by atoms with E-state index in [0.29, 0.717) is 56.8 Å². The van der Waals surface area contributed by atoms with Gasteiger partial charge in [0.15, 0.2) is 0 Å². The minimum absolute atomic E-state index is 0.0668. The van der Waals surface area contributed by atoms with Crippen LogP contribution >= 0.6 is 15.9 Å². The number of alkyl halides is 1. The van der Waals surface area contributed by atoms with Crippen molar-refractivity contribution in [1.82, 2.24) is 9.80 Å². The molecule has 1 aromatic rings. The van der Waals surface area contributed by atoms with Crippen molar-refractivity contribution in [2.45, 2.75) is 81.5 Å². The highest BCUT2D eigenvalue weighted by atomic mass is 79.9. The zero-order valence-corrected chi connectivity index (χ0v) is 27.4. The quantitative estimate of drug-likeness (QED) is 0.181. The summed E-state index contributed by atoms with van der Waals surface area (Å²) in [7, 11) is 0. The summed E-state index contributed by atoms with van der Waals surface area (Å²) in [5, 5.41) is 9.31. The molecule has 3 heterocycles. The molecule has 1 aromatic carbocycles. The SMILES string of the molecule is C=CCN(C(=O)[C@H]1[C@H]2C(=O)N(CCCCCO)C(C(=O)N(CC=C)C(C)(C)C)C23CC(Br)[C@@H]1O3)c1ccc(OCC)cc1. The van der Waals surface area contributed by atoms with E-state index in [4.69, 9.17) is 9.47 Å². The van der Waals surface area contributed by atoms with Crippen molar-refractivity contribution in [3.63, 3.8) is 0 Å². The van der Waals surface area contributed by atoms with Crippen LogP contribution in [0.3, 0.4) is 0 Å². The molecule has 10 heteroatoms. The molecule has 1 spiro atoms. The molecule has 4 rings (SSSR count). The number of amides is 3. The molecule has 0 radical (unpaired) electrons. The summed E-state index contributed by atoms with van der Waals surface area (Å²) >= 11 is 3.77. The number of nitrogens with zero attached hydrogens (tertiary/aromatic N) is 3. The maximum atomic E-state index is 14.5. The van der Waals surface area contributed by atoms with Gasteiger partial charge in [-0.3, -0.25) is 14.4 Å². The van der Waals surface area contributed by atoms with Crippen molar-refractivity contribution in [2.24, 2.45) is 11.8 Å². The number of aliphatic hydroxyl groups is 1. The predicted octanol–water partition coefficient (Wildman–Crippen LogP) is 4.33. The number of carbonyl (C=O) groups is 3. The van der Waals surface area contributed by atoms with Gasteiger partial charge in [0.1, 0.15) is 17.4 Å². The molecular weight excluding hydrogens is 614 g/mol. The molecule has 0 saturated carbocycles. The predicted molar refractivity (Wildman–Crippen MR) is 170 cm³/mol. The lowest BCUT2D eigenvalue weighted by Crippen LogP contribution is -2.60. The number of likely N-dealkylation sites (tertiary alicyclic amines) is 1. The molecule has 2 bridgehead atoms. The van der Waals surface area contributed by atoms with Gasteiger partial charge in [-0.1, -0.05) is 28.1 Å². The van der Waals surface area contributed by atoms with Gasteiger partial charge in [-0.05, 0) is 77.6 Å². The van der Waals surface area contributed by atoms with Crippen LogP contribution < -0.4 is 9.64 Å². The van der Waals surface area contributed by atoms with Gasteiger partial charge in [-0.2, -0.15) is 0 Å². The van der Waals surface area contributed by atoms with E-state index >= 15 is 0 Å². The van der Waals surface area contributed by atoms with Crippen LogP contribution in [-0.4, -0.2) is 93.6 Å². The smallest absolute Gasteiger partial charge is 0.249 e. The number of carbonyl (C=O) groups excluding carboxylic acids is 3. The Labute approximate surface area is 264 Å². The first-order valence-corrected chi connectivity index (χ1v) is 16.2. The molecule has 236 valence electrons. The molecule has 3 aliphatic heterocycles. The fraction of sp³-hybridized carbons (Fsp3) is 0.606. The third-order valence-electron chi connectivity index (χ3n) is 8.79. The zero-order chi connectivity index (χ0) is 31.5. The molecule has 3 unspecified atom stereocenters. The summed E-state index contributed by atoms with van der Waals surface area (Å²) in [5.41, 5.74) is -1.01. The fourth-order valence-corrected chi connectivity index (χ4v) is 7.94. The van der Waals surface area contributed by atoms with Crippen molar-refractivity contribution >= 4 is 39.3 Å². The van der Waals surface area contributed by atoms with Crippen molar-refractivity contribution in [3.05, 3.63) is 49.6 Å². The first-order chi connectivity index (χ1) is 20.5. The average Bonchev–Trinajstić information content (AvgIpc) is 3.55. The van der Waals surface area contributed by atoms with Crippen LogP contribution in [0.25, 0.3) is 0 Å². The lowest BCUT2D eigenvalue weighted by molar-refractivity contribution is -0.151. The van der Waals surface area contributed by atoms with Gasteiger partial charge in [-0.15, -0.1) is 13.2 Å². The van der Waals surface area contributed by atoms with Crippen LogP contribution in [0.5, 0.6) is 5.75 Å². The summed E-state index contributed by atoms with van der Waals surface area (Å²) in [6.45, 7) is 17.0. The average molecular weight is 661 g/mol. The summed E-state index contributed by atoms with van der Waals surface area (Å²) < 4.78 is 12.3. The fourth-order valence-electron chi connectivity index (χ4n) is 6.99. The van der Waals surface area contributed by atoms with E-state index in [1.807, 2.05) is 52.0 Å². The van der Waals surface area contributed by atoms with E-state index in [-0.39, 0.29) is 35.7 Å². The second-order valence-electron chi connectivity index (χ2n) is 12.6. The maximum Gasteiger partial charge on any atom is 0.249 e. The lowest BCUT2D eigenvalue weighted by Gasteiger charge is -2.42. The summed E-state index contributed by atoms with van der Waals surface area (Å²) in [6, 6.07) is 6.42. The molecule has 3 saturated heterocycles. The molecule has 6 atom stereocenters. The Morgan fingerprint density at radius 1 is 1.14 bits per heavy atom. The highest BCUT2D eigenvalue weighted by Crippen LogP contribution is 2.60. The molecule has 1 N–H and O–H groups in total. The van der Waals surface area contributed by atoms with Gasteiger partial charge in [0, 0.05) is 42.3 Å². The van der Waals surface area contributed by atoms with Gasteiger partial charge in [0.2, 0.25) is 17.7 Å². The van der Waals surface area contributed by atoms with Crippen molar-refractivity contribution in [1.29, 1.82) is 0 Å². The summed E-state index contributed by atoms with van der Waals surface area (Å²) in [4.78, 5) is 48.2. The molecule has 0 aromatic heterocycles. The Bertz CT molecular complexity index is 1200. The number of halogens is 1. The standard InChI is InChI=1S/C33H46BrN3O6/c1-7-17-35(22-13-15-23(16-14-22)42-9-3)29(39)25-26-30(40)36(19-11-10-12-20-38)28(33(26)21-24(34)27(25)43-33)31(41)37(18-8-2)32(4,5)6/h7-8,13-16,24-28,38H,1-2,9-12,17-21H2,3-6H3/t24?,25-,26-,27-,28?,33?/m0/s1. The summed E-state index contributed by atoms with van der Waals surface area (Å²) in [5.74, 6) is -1.53. The molecule has 0 aliphatic carbocycles. The normalized spacial score (nSPS) is 27.6. The first-order valence-electron chi connectivity index (χ1n) is 15.3. The maximum absolute atomic E-state index is 14.5. The van der Waals surface area contributed by atoms with Gasteiger partial charge < -0.3 is 29.3 Å². The van der Waals surface area contributed by atoms with Crippen molar-refractivity contribution < 1.29 is 29.0 Å². The molecule has 43 heavy (non-hydrogen) atoms. The molecular formula is C33H46BrN3O6. The summed E-state index contributed by atoms with van der Waals surface area (Å²) in [6.07, 6.45) is 5.19. The van der Waals surface area contributed by atoms with Gasteiger partial charge in [0.25, 0.3) is 0 Å². The number of unbranched alkanes of at least 4 members (excludes halogenated alkanes) is 2. The third kappa shape index (κ3) is 6.15. The van der Waals surface area contributed by atoms with Gasteiger partial charge >= 0.3 is 0 Å². The van der Waals surface area contributed by atoms with Crippen LogP contribution in [0.1, 0.15) is 53.4 Å². The van der Waals surface area contributed by atoms with Crippen LogP contribution in [0.4, 0.5) is 5.69 Å². The number of fused-ring (bicyclic) bond motifs is 1. The second-order valence-corrected chi connectivity index (χ2v) is 13.7. The van der Waals surface area contributed by atoms with Crippen LogP contribution in [0.2, 0.25) is 0 Å². The number of benzene rings is 1. The first kappa shape index (κ1) is 33.2. The van der Waals surface area contributed by atoms with E-state index in [0.717, 1.165) is 0 Å². The second kappa shape index (κ2) is 13.5. The van der Waals surface area contributed by atoms with Crippen LogP contribution in [0.15, 0.2) is 49.6 Å². The van der Waals surface area contributed by atoms with E-state index in [2.05, 4.69) is 29.1 Å². The highest BCUT2D eigenvalue weighted by Gasteiger charge is 2.77. The molecule has 3 amide bonds. The number of rotatable bonds is 14. The van der Waals surface area contributed by atoms with Crippen molar-refractivity contribution in [3.8, 4) is 5.75 Å². The Kier molecular flexibility index (Phi) is 10.4. The van der Waals surface area contributed by atoms with Gasteiger partial charge in [0.05, 0.1) is 24.5 Å². The molecule has 3 fully saturated rings. The van der Waals surface area contributed by atoms with E-state index in [1.165, 1.54) is 0 Å². The highest BCUT2D eigenvalue weighted by molar-refractivity contribution is 9.09. The molecule has 3 aliphatic rings. The largest absolute Gasteiger partial charge is 0.494 e. The van der Waals surface area contributed by atoms with Gasteiger partial charge in [-0.25, -0.2) is 0 Å². The Hall–Kier alpha value is -2.69. The van der Waals surface area contributed by atoms with Crippen LogP contribution in [0, 0.1) is 11.8 Å². The van der Waals surface area contributed by atoms with Crippen molar-refractivity contribution in [2.75, 3.05) is 37.7 Å². The number of anilines is 1. The van der Waals surface area contributed by atoms with E-state index in [9.17, 15) is 19.5 Å². The third-order valence-corrected chi connectivity index (χ3v) is 9.63. The minimum Gasteiger partial charge on any atom is -0.494 e. The number of hydrogen-bond donors (Lipinski definition) is 1. The Morgan fingerprint density at radius 3 is 2.40 bits per heavy atom.